The maximum Gasteiger partial charge on any atom is 0.165 e. The molecule has 2 aromatic heterocycles. The SMILES string of the molecule is CC1=C(C(=O)Cc2ccc3cnccc3c2)C(c2ccc(C)c(F)c2)n2nc(N)cc2C1. The number of aromatic nitrogens is 3. The highest BCUT2D eigenvalue weighted by molar-refractivity contribution is 5.99. The van der Waals surface area contributed by atoms with Crippen LogP contribution >= 0.6 is 0 Å². The van der Waals surface area contributed by atoms with Gasteiger partial charge in [0.1, 0.15) is 17.7 Å². The number of Topliss-reactive ketones (excluding diaryl/α,β-unsaturated/α-hetero) is 1. The van der Waals surface area contributed by atoms with Gasteiger partial charge in [-0.25, -0.2) is 4.39 Å². The lowest BCUT2D eigenvalue weighted by Crippen LogP contribution is -2.28. The summed E-state index contributed by atoms with van der Waals surface area (Å²) in [5.41, 5.74) is 10.7. The molecule has 0 radical (unpaired) electrons. The Balaban J connectivity index is 1.57. The van der Waals surface area contributed by atoms with E-state index in [9.17, 15) is 9.18 Å². The highest BCUT2D eigenvalue weighted by Gasteiger charge is 2.33. The maximum atomic E-state index is 14.5. The third-order valence-corrected chi connectivity index (χ3v) is 6.14. The van der Waals surface area contributed by atoms with Gasteiger partial charge in [0.25, 0.3) is 0 Å². The molecule has 6 heteroatoms. The number of ketones is 1. The van der Waals surface area contributed by atoms with Gasteiger partial charge in [-0.2, -0.15) is 5.10 Å². The average molecular weight is 426 g/mol. The lowest BCUT2D eigenvalue weighted by Gasteiger charge is -2.29. The number of allylic oxidation sites excluding steroid dienone is 2. The van der Waals surface area contributed by atoms with Gasteiger partial charge >= 0.3 is 0 Å². The van der Waals surface area contributed by atoms with Gasteiger partial charge in [0, 0.05) is 48.0 Å². The number of anilines is 1. The summed E-state index contributed by atoms with van der Waals surface area (Å²) in [6.07, 6.45) is 4.38. The van der Waals surface area contributed by atoms with E-state index in [1.54, 1.807) is 30.1 Å². The van der Waals surface area contributed by atoms with Crippen molar-refractivity contribution in [3.63, 3.8) is 0 Å². The average Bonchev–Trinajstić information content (AvgIpc) is 3.14. The first-order chi connectivity index (χ1) is 15.4. The lowest BCUT2D eigenvalue weighted by molar-refractivity contribution is -0.115. The molecule has 5 nitrogen and oxygen atoms in total. The minimum Gasteiger partial charge on any atom is -0.382 e. The van der Waals surface area contributed by atoms with Crippen molar-refractivity contribution in [3.05, 3.63) is 100 Å². The van der Waals surface area contributed by atoms with E-state index in [1.807, 2.05) is 43.3 Å². The van der Waals surface area contributed by atoms with Crippen molar-refractivity contribution in [1.29, 1.82) is 0 Å². The van der Waals surface area contributed by atoms with E-state index in [0.29, 0.717) is 28.9 Å². The number of fused-ring (bicyclic) bond motifs is 2. The second kappa shape index (κ2) is 7.71. The minimum absolute atomic E-state index is 0.00149. The van der Waals surface area contributed by atoms with Crippen LogP contribution in [0.5, 0.6) is 0 Å². The molecule has 1 unspecified atom stereocenters. The zero-order valence-electron chi connectivity index (χ0n) is 18.0. The van der Waals surface area contributed by atoms with Crippen LogP contribution in [0, 0.1) is 12.7 Å². The Hall–Kier alpha value is -3.80. The molecule has 0 amide bonds. The molecule has 0 saturated carbocycles. The van der Waals surface area contributed by atoms with Gasteiger partial charge in [-0.1, -0.05) is 35.9 Å². The van der Waals surface area contributed by atoms with Crippen molar-refractivity contribution in [1.82, 2.24) is 14.8 Å². The molecule has 0 saturated heterocycles. The van der Waals surface area contributed by atoms with Gasteiger partial charge in [-0.15, -0.1) is 0 Å². The lowest BCUT2D eigenvalue weighted by atomic mass is 9.85. The van der Waals surface area contributed by atoms with E-state index < -0.39 is 6.04 Å². The van der Waals surface area contributed by atoms with Gasteiger partial charge in [0.15, 0.2) is 5.78 Å². The van der Waals surface area contributed by atoms with Crippen molar-refractivity contribution in [2.24, 2.45) is 0 Å². The predicted molar refractivity (Wildman–Crippen MR) is 123 cm³/mol. The molecule has 2 aromatic carbocycles. The fraction of sp³-hybridized carbons (Fsp3) is 0.192. The number of hydrogen-bond acceptors (Lipinski definition) is 4. The zero-order chi connectivity index (χ0) is 22.4. The second-order valence-electron chi connectivity index (χ2n) is 8.44. The summed E-state index contributed by atoms with van der Waals surface area (Å²) in [5, 5.41) is 6.52. The Bertz CT molecular complexity index is 1400. The molecule has 0 bridgehead atoms. The number of rotatable bonds is 4. The number of nitrogens with zero attached hydrogens (tertiary/aromatic N) is 3. The fourth-order valence-corrected chi connectivity index (χ4v) is 4.53. The molecule has 32 heavy (non-hydrogen) atoms. The highest BCUT2D eigenvalue weighted by Crippen LogP contribution is 2.37. The predicted octanol–water partition coefficient (Wildman–Crippen LogP) is 4.73. The third kappa shape index (κ3) is 3.47. The van der Waals surface area contributed by atoms with E-state index in [4.69, 9.17) is 5.73 Å². The Morgan fingerprint density at radius 2 is 1.97 bits per heavy atom. The van der Waals surface area contributed by atoms with Crippen molar-refractivity contribution in [2.45, 2.75) is 32.7 Å². The van der Waals surface area contributed by atoms with Crippen molar-refractivity contribution < 1.29 is 9.18 Å². The molecule has 2 N–H and O–H groups in total. The molecule has 5 rings (SSSR count). The quantitative estimate of drug-likeness (QED) is 0.512. The first-order valence-electron chi connectivity index (χ1n) is 10.6. The van der Waals surface area contributed by atoms with Crippen LogP contribution in [0.4, 0.5) is 10.2 Å². The van der Waals surface area contributed by atoms with Gasteiger partial charge in [0.05, 0.1) is 0 Å². The standard InChI is InChI=1S/C26H23FN4O/c1-15-3-5-19(12-22(15)27)26-25(16(2)9-21-13-24(28)30-31(21)26)23(32)11-17-4-6-20-14-29-8-7-18(20)10-17/h3-8,10,12-14,26H,9,11H2,1-2H3,(H2,28,30). The maximum absolute atomic E-state index is 14.5. The highest BCUT2D eigenvalue weighted by atomic mass is 19.1. The fourth-order valence-electron chi connectivity index (χ4n) is 4.53. The summed E-state index contributed by atoms with van der Waals surface area (Å²) in [6.45, 7) is 3.68. The molecule has 1 aliphatic rings. The van der Waals surface area contributed by atoms with E-state index in [1.165, 1.54) is 6.07 Å². The van der Waals surface area contributed by atoms with Crippen LogP contribution in [0.25, 0.3) is 10.8 Å². The number of nitrogens with two attached hydrogens (primary N) is 1. The summed E-state index contributed by atoms with van der Waals surface area (Å²) < 4.78 is 16.2. The molecular formula is C26H23FN4O. The number of benzene rings is 2. The smallest absolute Gasteiger partial charge is 0.165 e. The van der Waals surface area contributed by atoms with Crippen LogP contribution in [-0.4, -0.2) is 20.5 Å². The molecule has 4 aromatic rings. The van der Waals surface area contributed by atoms with Crippen LogP contribution in [0.1, 0.15) is 35.3 Å². The van der Waals surface area contributed by atoms with Gasteiger partial charge in [0.2, 0.25) is 0 Å². The van der Waals surface area contributed by atoms with E-state index in [-0.39, 0.29) is 18.0 Å². The number of aryl methyl sites for hydroxylation is 1. The molecule has 1 atom stereocenters. The van der Waals surface area contributed by atoms with Gasteiger partial charge in [-0.05, 0) is 48.1 Å². The van der Waals surface area contributed by atoms with Crippen molar-refractivity contribution in [2.75, 3.05) is 5.73 Å². The number of hydrogen-bond donors (Lipinski definition) is 1. The Labute approximate surface area is 185 Å². The molecule has 1 aliphatic heterocycles. The number of carbonyl (C=O) groups is 1. The number of nitrogen functional groups attached to an aromatic ring is 1. The number of halogens is 1. The molecule has 3 heterocycles. The Morgan fingerprint density at radius 3 is 2.78 bits per heavy atom. The van der Waals surface area contributed by atoms with E-state index >= 15 is 0 Å². The first-order valence-corrected chi connectivity index (χ1v) is 10.6. The van der Waals surface area contributed by atoms with Gasteiger partial charge < -0.3 is 5.73 Å². The van der Waals surface area contributed by atoms with Crippen LogP contribution in [-0.2, 0) is 17.6 Å². The normalized spacial score (nSPS) is 15.8. The van der Waals surface area contributed by atoms with Crippen LogP contribution in [0.3, 0.4) is 0 Å². The molecule has 0 spiro atoms. The number of carbonyl (C=O) groups excluding carboxylic acids is 1. The van der Waals surface area contributed by atoms with E-state index in [2.05, 4.69) is 10.1 Å². The van der Waals surface area contributed by atoms with E-state index in [0.717, 1.165) is 27.6 Å². The van der Waals surface area contributed by atoms with Crippen molar-refractivity contribution >= 4 is 22.4 Å². The van der Waals surface area contributed by atoms with Crippen molar-refractivity contribution in [3.8, 4) is 0 Å². The largest absolute Gasteiger partial charge is 0.382 e. The topological polar surface area (TPSA) is 73.8 Å². The van der Waals surface area contributed by atoms with Gasteiger partial charge in [-0.3, -0.25) is 14.5 Å². The Kier molecular flexibility index (Phi) is 4.85. The van der Waals surface area contributed by atoms with Crippen LogP contribution in [0.15, 0.2) is 72.1 Å². The van der Waals surface area contributed by atoms with Crippen LogP contribution in [0.2, 0.25) is 0 Å². The molecule has 0 aliphatic carbocycles. The summed E-state index contributed by atoms with van der Waals surface area (Å²) in [7, 11) is 0. The molecule has 0 fully saturated rings. The molecular weight excluding hydrogens is 403 g/mol. The monoisotopic (exact) mass is 426 g/mol. The number of pyridine rings is 1. The second-order valence-corrected chi connectivity index (χ2v) is 8.44. The van der Waals surface area contributed by atoms with Crippen LogP contribution < -0.4 is 5.73 Å². The zero-order valence-corrected chi connectivity index (χ0v) is 18.0. The first kappa shape index (κ1) is 20.1. The third-order valence-electron chi connectivity index (χ3n) is 6.14. The summed E-state index contributed by atoms with van der Waals surface area (Å²) in [4.78, 5) is 17.8. The minimum atomic E-state index is -0.511. The summed E-state index contributed by atoms with van der Waals surface area (Å²) >= 11 is 0. The summed E-state index contributed by atoms with van der Waals surface area (Å²) in [6, 6.07) is 14.3. The Morgan fingerprint density at radius 1 is 1.12 bits per heavy atom. The molecule has 160 valence electrons. The summed E-state index contributed by atoms with van der Waals surface area (Å²) in [5.74, 6) is 0.0891.